The number of rotatable bonds is 4. The number of nitrogens with one attached hydrogen (secondary N) is 2. The number of hydrogen-bond donors (Lipinski definition) is 2. The smallest absolute Gasteiger partial charge is 0.355 e. The Morgan fingerprint density at radius 3 is 2.59 bits per heavy atom. The largest absolute Gasteiger partial charge is 0.397 e. The molecule has 122 valence electrons. The van der Waals surface area contributed by atoms with Crippen LogP contribution in [0.25, 0.3) is 0 Å². The van der Waals surface area contributed by atoms with E-state index in [1.54, 1.807) is 0 Å². The summed E-state index contributed by atoms with van der Waals surface area (Å²) in [4.78, 5) is 13.4. The predicted octanol–water partition coefficient (Wildman–Crippen LogP) is 2.32. The maximum Gasteiger partial charge on any atom is 0.397 e. The molecule has 0 aromatic carbocycles. The Labute approximate surface area is 126 Å². The van der Waals surface area contributed by atoms with Crippen LogP contribution >= 0.6 is 0 Å². The number of aromatic amines is 1. The summed E-state index contributed by atoms with van der Waals surface area (Å²) in [6.45, 7) is 1.37. The van der Waals surface area contributed by atoms with Gasteiger partial charge in [0, 0.05) is 36.8 Å². The highest BCUT2D eigenvalue weighted by atomic mass is 19.4. The molecule has 0 unspecified atom stereocenters. The van der Waals surface area contributed by atoms with Gasteiger partial charge in [-0.3, -0.25) is 9.89 Å². The summed E-state index contributed by atoms with van der Waals surface area (Å²) in [7, 11) is 0. The van der Waals surface area contributed by atoms with Gasteiger partial charge >= 0.3 is 6.18 Å². The summed E-state index contributed by atoms with van der Waals surface area (Å²) >= 11 is 0. The van der Waals surface area contributed by atoms with Crippen LogP contribution in [-0.2, 0) is 4.79 Å². The van der Waals surface area contributed by atoms with E-state index < -0.39 is 18.5 Å². The summed E-state index contributed by atoms with van der Waals surface area (Å²) in [6, 6.07) is 1.87. The number of halogens is 3. The zero-order valence-electron chi connectivity index (χ0n) is 12.1. The highest BCUT2D eigenvalue weighted by Crippen LogP contribution is 2.40. The van der Waals surface area contributed by atoms with Crippen LogP contribution in [0.15, 0.2) is 6.07 Å². The fraction of sp³-hybridized carbons (Fsp3) is 0.714. The lowest BCUT2D eigenvalue weighted by Gasteiger charge is -2.32. The Morgan fingerprint density at radius 1 is 1.32 bits per heavy atom. The third-order valence-corrected chi connectivity index (χ3v) is 4.15. The number of nitrogens with zero attached hydrogens (tertiary/aromatic N) is 2. The lowest BCUT2D eigenvalue weighted by Crippen LogP contribution is -2.45. The van der Waals surface area contributed by atoms with Crippen LogP contribution < -0.4 is 10.2 Å². The number of carbonyl (C=O) groups is 1. The second-order valence-electron chi connectivity index (χ2n) is 6.08. The third kappa shape index (κ3) is 3.92. The van der Waals surface area contributed by atoms with Crippen molar-refractivity contribution in [1.29, 1.82) is 0 Å². The number of anilines is 1. The molecule has 2 heterocycles. The quantitative estimate of drug-likeness (QED) is 0.896. The maximum absolute atomic E-state index is 12.1. The van der Waals surface area contributed by atoms with Gasteiger partial charge in [-0.25, -0.2) is 0 Å². The van der Waals surface area contributed by atoms with Crippen molar-refractivity contribution in [3.8, 4) is 0 Å². The molecule has 8 heteroatoms. The molecule has 1 aromatic rings. The standard InChI is InChI=1S/C14H19F3N4O/c15-14(16,17)8-13(22)18-10-3-5-21(6-4-10)12-7-11(19-20-12)9-1-2-9/h7,9-10H,1-6,8H2,(H,18,22)(H,19,20). The van der Waals surface area contributed by atoms with Crippen molar-refractivity contribution in [1.82, 2.24) is 15.5 Å². The minimum Gasteiger partial charge on any atom is -0.355 e. The molecule has 3 rings (SSSR count). The first kappa shape index (κ1) is 15.2. The van der Waals surface area contributed by atoms with Gasteiger partial charge in [-0.1, -0.05) is 0 Å². The van der Waals surface area contributed by atoms with E-state index in [9.17, 15) is 18.0 Å². The number of H-pyrrole nitrogens is 1. The lowest BCUT2D eigenvalue weighted by atomic mass is 10.0. The molecule has 0 atom stereocenters. The molecule has 2 aliphatic rings. The normalized spacial score (nSPS) is 20.2. The summed E-state index contributed by atoms with van der Waals surface area (Å²) in [5.41, 5.74) is 1.16. The van der Waals surface area contributed by atoms with Crippen molar-refractivity contribution in [2.45, 2.75) is 50.2 Å². The number of amides is 1. The zero-order valence-corrected chi connectivity index (χ0v) is 12.1. The first-order chi connectivity index (χ1) is 10.4. The van der Waals surface area contributed by atoms with Gasteiger partial charge in [-0.15, -0.1) is 0 Å². The maximum atomic E-state index is 12.1. The van der Waals surface area contributed by atoms with E-state index in [1.165, 1.54) is 12.8 Å². The van der Waals surface area contributed by atoms with Gasteiger partial charge in [-0.2, -0.15) is 18.3 Å². The Hall–Kier alpha value is -1.73. The van der Waals surface area contributed by atoms with Crippen molar-refractivity contribution in [2.75, 3.05) is 18.0 Å². The molecular weight excluding hydrogens is 297 g/mol. The van der Waals surface area contributed by atoms with E-state index in [-0.39, 0.29) is 6.04 Å². The molecule has 0 bridgehead atoms. The first-order valence-electron chi connectivity index (χ1n) is 7.57. The van der Waals surface area contributed by atoms with Gasteiger partial charge in [0.15, 0.2) is 5.82 Å². The van der Waals surface area contributed by atoms with Gasteiger partial charge in [-0.05, 0) is 25.7 Å². The van der Waals surface area contributed by atoms with Gasteiger partial charge in [0.25, 0.3) is 0 Å². The predicted molar refractivity (Wildman–Crippen MR) is 74.6 cm³/mol. The number of carbonyl (C=O) groups excluding carboxylic acids is 1. The Morgan fingerprint density at radius 2 is 2.00 bits per heavy atom. The molecule has 1 amide bonds. The number of aromatic nitrogens is 2. The van der Waals surface area contributed by atoms with Crippen LogP contribution in [0.1, 0.15) is 43.7 Å². The highest BCUT2D eigenvalue weighted by Gasteiger charge is 2.33. The lowest BCUT2D eigenvalue weighted by molar-refractivity contribution is -0.154. The number of piperidine rings is 1. The van der Waals surface area contributed by atoms with E-state index in [0.717, 1.165) is 11.5 Å². The summed E-state index contributed by atoms with van der Waals surface area (Å²) in [6.07, 6.45) is -2.18. The minimum atomic E-state index is -4.45. The van der Waals surface area contributed by atoms with Gasteiger partial charge < -0.3 is 10.2 Å². The van der Waals surface area contributed by atoms with Crippen molar-refractivity contribution in [3.63, 3.8) is 0 Å². The summed E-state index contributed by atoms with van der Waals surface area (Å²) in [5, 5.41) is 9.82. The van der Waals surface area contributed by atoms with Gasteiger partial charge in [0.05, 0.1) is 0 Å². The van der Waals surface area contributed by atoms with E-state index in [0.29, 0.717) is 31.8 Å². The summed E-state index contributed by atoms with van der Waals surface area (Å²) in [5.74, 6) is 0.559. The molecule has 1 aliphatic heterocycles. The third-order valence-electron chi connectivity index (χ3n) is 4.15. The fourth-order valence-corrected chi connectivity index (χ4v) is 2.80. The molecule has 5 nitrogen and oxygen atoms in total. The molecule has 0 spiro atoms. The molecule has 2 N–H and O–H groups in total. The molecular formula is C14H19F3N4O. The zero-order chi connectivity index (χ0) is 15.7. The Kier molecular flexibility index (Phi) is 4.01. The monoisotopic (exact) mass is 316 g/mol. The highest BCUT2D eigenvalue weighted by molar-refractivity contribution is 5.76. The minimum absolute atomic E-state index is 0.187. The van der Waals surface area contributed by atoms with Crippen LogP contribution in [0.4, 0.5) is 19.0 Å². The van der Waals surface area contributed by atoms with Gasteiger partial charge in [0.1, 0.15) is 6.42 Å². The number of hydrogen-bond acceptors (Lipinski definition) is 3. The van der Waals surface area contributed by atoms with E-state index in [1.807, 2.05) is 0 Å². The van der Waals surface area contributed by atoms with Crippen molar-refractivity contribution in [2.24, 2.45) is 0 Å². The topological polar surface area (TPSA) is 61.0 Å². The van der Waals surface area contributed by atoms with Gasteiger partial charge in [0.2, 0.25) is 5.91 Å². The van der Waals surface area contributed by atoms with E-state index in [4.69, 9.17) is 0 Å². The average Bonchev–Trinajstić information content (AvgIpc) is 3.16. The van der Waals surface area contributed by atoms with Crippen LogP contribution in [0.3, 0.4) is 0 Å². The second kappa shape index (κ2) is 5.81. The molecule has 1 saturated heterocycles. The second-order valence-corrected chi connectivity index (χ2v) is 6.08. The first-order valence-corrected chi connectivity index (χ1v) is 7.57. The SMILES string of the molecule is O=C(CC(F)(F)F)NC1CCN(c2cc(C3CC3)[nH]n2)CC1. The molecule has 1 saturated carbocycles. The van der Waals surface area contributed by atoms with Crippen molar-refractivity contribution in [3.05, 3.63) is 11.8 Å². The number of alkyl halides is 3. The van der Waals surface area contributed by atoms with Crippen LogP contribution in [0.5, 0.6) is 0 Å². The molecule has 2 fully saturated rings. The van der Waals surface area contributed by atoms with E-state index in [2.05, 4.69) is 26.5 Å². The van der Waals surface area contributed by atoms with Crippen LogP contribution in [0, 0.1) is 0 Å². The summed E-state index contributed by atoms with van der Waals surface area (Å²) < 4.78 is 36.4. The van der Waals surface area contributed by atoms with Crippen LogP contribution in [0.2, 0.25) is 0 Å². The molecule has 0 radical (unpaired) electrons. The van der Waals surface area contributed by atoms with E-state index >= 15 is 0 Å². The Balaban J connectivity index is 1.46. The molecule has 22 heavy (non-hydrogen) atoms. The molecule has 1 aromatic heterocycles. The Bertz CT molecular complexity index is 530. The van der Waals surface area contributed by atoms with Crippen LogP contribution in [-0.4, -0.2) is 41.4 Å². The molecule has 1 aliphatic carbocycles. The van der Waals surface area contributed by atoms with Crippen molar-refractivity contribution < 1.29 is 18.0 Å². The van der Waals surface area contributed by atoms with Crippen molar-refractivity contribution >= 4 is 11.7 Å². The average molecular weight is 316 g/mol. The fourth-order valence-electron chi connectivity index (χ4n) is 2.80.